The number of nitrogens with one attached hydrogen (secondary N) is 1. The van der Waals surface area contributed by atoms with Gasteiger partial charge in [0.15, 0.2) is 0 Å². The van der Waals surface area contributed by atoms with Gasteiger partial charge in [-0.2, -0.15) is 8.61 Å². The molecule has 0 bridgehead atoms. The van der Waals surface area contributed by atoms with Crippen LogP contribution in [0.2, 0.25) is 0 Å². The van der Waals surface area contributed by atoms with Gasteiger partial charge in [0.05, 0.1) is 60.8 Å². The van der Waals surface area contributed by atoms with Gasteiger partial charge in [-0.25, -0.2) is 16.8 Å². The van der Waals surface area contributed by atoms with Gasteiger partial charge in [-0.3, -0.25) is 4.79 Å². The Morgan fingerprint density at radius 3 is 1.73 bits per heavy atom. The zero-order valence-corrected chi connectivity index (χ0v) is 24.2. The Hall–Kier alpha value is -2.85. The molecule has 1 N–H and O–H groups in total. The summed E-state index contributed by atoms with van der Waals surface area (Å²) in [5.74, 6) is -0.453. The van der Waals surface area contributed by atoms with Crippen LogP contribution in [0.3, 0.4) is 0 Å². The third kappa shape index (κ3) is 6.97. The minimum atomic E-state index is -3.77. The average molecular weight is 607 g/mol. The summed E-state index contributed by atoms with van der Waals surface area (Å²) >= 11 is 0. The predicted octanol–water partition coefficient (Wildman–Crippen LogP) is 1.22. The zero-order chi connectivity index (χ0) is 28.9. The van der Waals surface area contributed by atoms with Crippen molar-refractivity contribution in [2.24, 2.45) is 0 Å². The van der Waals surface area contributed by atoms with Crippen molar-refractivity contribution in [3.8, 4) is 0 Å². The number of morpholine rings is 3. The third-order valence-electron chi connectivity index (χ3n) is 7.10. The largest absolute Gasteiger partial charge is 0.379 e. The molecule has 14 heteroatoms. The Labute approximate surface area is 240 Å². The summed E-state index contributed by atoms with van der Waals surface area (Å²) in [5, 5.41) is 2.84. The third-order valence-corrected chi connectivity index (χ3v) is 10.9. The van der Waals surface area contributed by atoms with Crippen LogP contribution >= 0.6 is 0 Å². The maximum absolute atomic E-state index is 13.3. The number of ether oxygens (including phenoxy) is 3. The highest BCUT2D eigenvalue weighted by Crippen LogP contribution is 2.31. The molecule has 222 valence electrons. The topological polar surface area (TPSA) is 135 Å². The summed E-state index contributed by atoms with van der Waals surface area (Å²) in [5.41, 5.74) is 1.72. The molecule has 0 spiro atoms. The van der Waals surface area contributed by atoms with Crippen LogP contribution in [0.1, 0.15) is 5.56 Å². The molecular weight excluding hydrogens is 572 g/mol. The summed E-state index contributed by atoms with van der Waals surface area (Å²) < 4.78 is 71.0. The fourth-order valence-electron chi connectivity index (χ4n) is 4.83. The number of hydrogen-bond acceptors (Lipinski definition) is 9. The normalized spacial score (nSPS) is 19.9. The van der Waals surface area contributed by atoms with Gasteiger partial charge in [0, 0.05) is 45.3 Å². The second kappa shape index (κ2) is 13.0. The molecule has 3 aliphatic heterocycles. The first-order valence-electron chi connectivity index (χ1n) is 13.5. The second-order valence-electron chi connectivity index (χ2n) is 9.70. The van der Waals surface area contributed by atoms with Crippen LogP contribution in [0.5, 0.6) is 0 Å². The van der Waals surface area contributed by atoms with Crippen molar-refractivity contribution in [2.45, 2.75) is 9.79 Å². The molecule has 1 amide bonds. The number of rotatable bonds is 8. The van der Waals surface area contributed by atoms with Crippen LogP contribution in [-0.4, -0.2) is 110 Å². The fraction of sp³-hybridized carbons (Fsp3) is 0.444. The molecule has 3 saturated heterocycles. The lowest BCUT2D eigenvalue weighted by Gasteiger charge is -2.31. The quantitative estimate of drug-likeness (QED) is 0.440. The summed E-state index contributed by atoms with van der Waals surface area (Å²) in [6.45, 7) is 4.82. The highest BCUT2D eigenvalue weighted by Gasteiger charge is 2.28. The molecule has 0 aromatic heterocycles. The van der Waals surface area contributed by atoms with Crippen LogP contribution in [0.4, 0.5) is 11.4 Å². The molecule has 0 aliphatic carbocycles. The Kier molecular flexibility index (Phi) is 9.38. The van der Waals surface area contributed by atoms with E-state index < -0.39 is 26.0 Å². The molecule has 0 atom stereocenters. The minimum absolute atomic E-state index is 0.0905. The Morgan fingerprint density at radius 1 is 0.683 bits per heavy atom. The van der Waals surface area contributed by atoms with Gasteiger partial charge in [0.2, 0.25) is 26.0 Å². The molecule has 2 aromatic carbocycles. The van der Waals surface area contributed by atoms with Crippen molar-refractivity contribution in [2.75, 3.05) is 89.1 Å². The van der Waals surface area contributed by atoms with Gasteiger partial charge in [0.25, 0.3) is 0 Å². The molecule has 41 heavy (non-hydrogen) atoms. The van der Waals surface area contributed by atoms with Gasteiger partial charge in [-0.1, -0.05) is 12.1 Å². The van der Waals surface area contributed by atoms with Crippen molar-refractivity contribution >= 4 is 43.4 Å². The van der Waals surface area contributed by atoms with Crippen molar-refractivity contribution in [3.63, 3.8) is 0 Å². The lowest BCUT2D eigenvalue weighted by Crippen LogP contribution is -2.40. The van der Waals surface area contributed by atoms with Crippen molar-refractivity contribution in [1.29, 1.82) is 0 Å². The van der Waals surface area contributed by atoms with E-state index in [2.05, 4.69) is 5.32 Å². The Balaban J connectivity index is 1.33. The van der Waals surface area contributed by atoms with E-state index in [1.165, 1.54) is 32.9 Å². The monoisotopic (exact) mass is 606 g/mol. The van der Waals surface area contributed by atoms with Gasteiger partial charge >= 0.3 is 0 Å². The smallest absolute Gasteiger partial charge is 0.248 e. The van der Waals surface area contributed by atoms with Crippen LogP contribution in [0, 0.1) is 0 Å². The van der Waals surface area contributed by atoms with Crippen LogP contribution in [0.15, 0.2) is 58.3 Å². The molecule has 0 radical (unpaired) electrons. The fourth-order valence-corrected chi connectivity index (χ4v) is 7.67. The Morgan fingerprint density at radius 2 is 1.17 bits per heavy atom. The molecule has 3 fully saturated rings. The van der Waals surface area contributed by atoms with Crippen LogP contribution in [-0.2, 0) is 39.1 Å². The average Bonchev–Trinajstić information content (AvgIpc) is 3.01. The maximum Gasteiger partial charge on any atom is 0.248 e. The van der Waals surface area contributed by atoms with E-state index in [-0.39, 0.29) is 22.9 Å². The summed E-state index contributed by atoms with van der Waals surface area (Å²) in [4.78, 5) is 15.3. The van der Waals surface area contributed by atoms with Gasteiger partial charge in [-0.05, 0) is 42.0 Å². The van der Waals surface area contributed by atoms with E-state index in [4.69, 9.17) is 14.2 Å². The van der Waals surface area contributed by atoms with Crippen LogP contribution < -0.4 is 10.2 Å². The number of carbonyl (C=O) groups is 1. The van der Waals surface area contributed by atoms with Crippen molar-refractivity contribution < 1.29 is 35.8 Å². The molecule has 2 aromatic rings. The first-order chi connectivity index (χ1) is 19.7. The molecule has 0 unspecified atom stereocenters. The van der Waals surface area contributed by atoms with E-state index in [1.807, 2.05) is 4.90 Å². The van der Waals surface area contributed by atoms with E-state index in [0.29, 0.717) is 82.8 Å². The first kappa shape index (κ1) is 29.6. The summed E-state index contributed by atoms with van der Waals surface area (Å²) in [7, 11) is -7.38. The number of amides is 1. The lowest BCUT2D eigenvalue weighted by molar-refractivity contribution is -0.111. The maximum atomic E-state index is 13.3. The zero-order valence-electron chi connectivity index (χ0n) is 22.6. The van der Waals surface area contributed by atoms with Gasteiger partial charge < -0.3 is 24.4 Å². The standard InChI is InChI=1S/C27H34N4O8S2/c32-27(8-3-22-1-4-23(5-2-22)40(33,34)30-11-17-38-18-12-30)28-25-21-24(41(35,36)31-13-19-39-20-14-31)6-7-26(25)29-9-15-37-16-10-29/h1-8,21H,9-20H2,(H,28,32). The highest BCUT2D eigenvalue weighted by molar-refractivity contribution is 7.89. The number of nitrogens with zero attached hydrogens (tertiary/aromatic N) is 3. The highest BCUT2D eigenvalue weighted by atomic mass is 32.2. The van der Waals surface area contributed by atoms with Gasteiger partial charge in [0.1, 0.15) is 0 Å². The number of sulfonamides is 2. The van der Waals surface area contributed by atoms with Crippen molar-refractivity contribution in [3.05, 3.63) is 54.1 Å². The number of anilines is 2. The first-order valence-corrected chi connectivity index (χ1v) is 16.3. The van der Waals surface area contributed by atoms with Crippen LogP contribution in [0.25, 0.3) is 6.08 Å². The second-order valence-corrected chi connectivity index (χ2v) is 13.6. The van der Waals surface area contributed by atoms with Crippen molar-refractivity contribution in [1.82, 2.24) is 8.61 Å². The molecule has 5 rings (SSSR count). The molecule has 3 aliphatic rings. The lowest BCUT2D eigenvalue weighted by atomic mass is 10.2. The van der Waals surface area contributed by atoms with E-state index >= 15 is 0 Å². The SMILES string of the molecule is O=C(C=Cc1ccc(S(=O)(=O)N2CCOCC2)cc1)Nc1cc(S(=O)(=O)N2CCOCC2)ccc1N1CCOCC1. The molecule has 0 saturated carbocycles. The molecule has 12 nitrogen and oxygen atoms in total. The summed E-state index contributed by atoms with van der Waals surface area (Å²) in [6, 6.07) is 11.1. The number of hydrogen-bond donors (Lipinski definition) is 1. The summed E-state index contributed by atoms with van der Waals surface area (Å²) in [6.07, 6.45) is 2.90. The number of benzene rings is 2. The number of carbonyl (C=O) groups excluding carboxylic acids is 1. The van der Waals surface area contributed by atoms with E-state index in [9.17, 15) is 21.6 Å². The van der Waals surface area contributed by atoms with Gasteiger partial charge in [-0.15, -0.1) is 0 Å². The minimum Gasteiger partial charge on any atom is -0.379 e. The van der Waals surface area contributed by atoms with E-state index in [1.54, 1.807) is 30.3 Å². The molecular formula is C27H34N4O8S2. The Bertz CT molecular complexity index is 1460. The predicted molar refractivity (Wildman–Crippen MR) is 153 cm³/mol. The van der Waals surface area contributed by atoms with E-state index in [0.717, 1.165) is 0 Å². The molecule has 3 heterocycles.